The predicted octanol–water partition coefficient (Wildman–Crippen LogP) is 5.15. The summed E-state index contributed by atoms with van der Waals surface area (Å²) in [5.41, 5.74) is 3.18. The average Bonchev–Trinajstić information content (AvgIpc) is 3.09. The third-order valence-electron chi connectivity index (χ3n) is 6.84. The molecule has 37 heavy (non-hydrogen) atoms. The van der Waals surface area contributed by atoms with E-state index >= 15 is 0 Å². The normalized spacial score (nSPS) is 15.7. The Morgan fingerprint density at radius 3 is 2.11 bits per heavy atom. The highest BCUT2D eigenvalue weighted by Crippen LogP contribution is 2.51. The zero-order chi connectivity index (χ0) is 25.7. The number of ether oxygens (including phenoxy) is 3. The van der Waals surface area contributed by atoms with Gasteiger partial charge in [0.05, 0.1) is 7.11 Å². The van der Waals surface area contributed by atoms with Gasteiger partial charge in [-0.05, 0) is 41.3 Å². The number of fused-ring (bicyclic) bond motifs is 2. The molecule has 0 saturated heterocycles. The lowest BCUT2D eigenvalue weighted by Crippen LogP contribution is -2.28. The summed E-state index contributed by atoms with van der Waals surface area (Å²) in [6, 6.07) is 21.8. The molecule has 0 N–H and O–H groups in total. The fourth-order valence-corrected chi connectivity index (χ4v) is 4.95. The van der Waals surface area contributed by atoms with E-state index in [0.717, 1.165) is 28.7 Å². The molecule has 0 radical (unpaired) electrons. The lowest BCUT2D eigenvalue weighted by atomic mass is 9.73. The maximum Gasteiger partial charge on any atom is 0.210 e. The van der Waals surface area contributed by atoms with Gasteiger partial charge in [0.1, 0.15) is 13.2 Å². The van der Waals surface area contributed by atoms with Crippen LogP contribution in [0.25, 0.3) is 0 Å². The third-order valence-corrected chi connectivity index (χ3v) is 6.84. The number of nitrogens with zero attached hydrogens (tertiary/aromatic N) is 1. The molecular weight excluding hydrogens is 466 g/mol. The van der Waals surface area contributed by atoms with Crippen LogP contribution in [-0.2, 0) is 34.8 Å². The van der Waals surface area contributed by atoms with Gasteiger partial charge >= 0.3 is 0 Å². The van der Waals surface area contributed by atoms with Crippen molar-refractivity contribution in [2.24, 2.45) is 0 Å². The summed E-state index contributed by atoms with van der Waals surface area (Å²) in [7, 11) is 1.60. The Kier molecular flexibility index (Phi) is 7.08. The van der Waals surface area contributed by atoms with Crippen molar-refractivity contribution in [2.75, 3.05) is 13.7 Å². The minimum atomic E-state index is -0.627. The molecule has 1 heterocycles. The van der Waals surface area contributed by atoms with Gasteiger partial charge in [0.25, 0.3) is 0 Å². The number of carbonyl (C=O) groups is 2. The lowest BCUT2D eigenvalue weighted by Gasteiger charge is -2.32. The summed E-state index contributed by atoms with van der Waals surface area (Å²) in [6.45, 7) is 1.60. The summed E-state index contributed by atoms with van der Waals surface area (Å²) in [4.78, 5) is 25.7. The molecule has 6 heteroatoms. The van der Waals surface area contributed by atoms with Gasteiger partial charge in [0, 0.05) is 24.1 Å². The fraction of sp³-hybridized carbons (Fsp3) is 0.226. The van der Waals surface area contributed by atoms with Crippen LogP contribution in [0.3, 0.4) is 0 Å². The van der Waals surface area contributed by atoms with E-state index in [1.165, 1.54) is 0 Å². The van der Waals surface area contributed by atoms with Crippen LogP contribution in [0.1, 0.15) is 28.7 Å². The van der Waals surface area contributed by atoms with Crippen molar-refractivity contribution >= 4 is 12.2 Å². The van der Waals surface area contributed by atoms with Gasteiger partial charge in [-0.2, -0.15) is 0 Å². The minimum Gasteiger partial charge on any atom is -0.490 e. The molecule has 0 atom stereocenters. The number of rotatable bonds is 8. The quantitative estimate of drug-likeness (QED) is 0.405. The highest BCUT2D eigenvalue weighted by Gasteiger charge is 2.39. The van der Waals surface area contributed by atoms with Crippen molar-refractivity contribution in [1.82, 2.24) is 4.90 Å². The molecule has 0 unspecified atom stereocenters. The van der Waals surface area contributed by atoms with E-state index in [0.29, 0.717) is 50.0 Å². The Bertz CT molecular complexity index is 1310. The van der Waals surface area contributed by atoms with E-state index in [-0.39, 0.29) is 5.78 Å². The van der Waals surface area contributed by atoms with Crippen molar-refractivity contribution in [3.05, 3.63) is 113 Å². The van der Waals surface area contributed by atoms with Crippen LogP contribution >= 0.6 is 0 Å². The molecule has 6 nitrogen and oxygen atoms in total. The zero-order valence-electron chi connectivity index (χ0n) is 20.8. The van der Waals surface area contributed by atoms with Crippen LogP contribution in [0.15, 0.2) is 91.0 Å². The number of amides is 1. The fourth-order valence-electron chi connectivity index (χ4n) is 4.95. The first-order valence-electron chi connectivity index (χ1n) is 12.3. The van der Waals surface area contributed by atoms with Crippen molar-refractivity contribution in [3.8, 4) is 17.2 Å². The molecule has 1 aliphatic carbocycles. The van der Waals surface area contributed by atoms with Crippen molar-refractivity contribution in [3.63, 3.8) is 0 Å². The van der Waals surface area contributed by atoms with E-state index < -0.39 is 5.41 Å². The molecule has 0 aromatic heterocycles. The second-order valence-electron chi connectivity index (χ2n) is 9.26. The van der Waals surface area contributed by atoms with Gasteiger partial charge in [-0.3, -0.25) is 9.59 Å². The Labute approximate surface area is 216 Å². The van der Waals surface area contributed by atoms with E-state index in [1.807, 2.05) is 78.9 Å². The van der Waals surface area contributed by atoms with Crippen LogP contribution < -0.4 is 14.2 Å². The van der Waals surface area contributed by atoms with Crippen LogP contribution in [0.5, 0.6) is 17.2 Å². The number of hydrogen-bond donors (Lipinski definition) is 0. The monoisotopic (exact) mass is 495 g/mol. The molecule has 3 aromatic carbocycles. The Hall–Kier alpha value is -4.32. The summed E-state index contributed by atoms with van der Waals surface area (Å²) in [6.07, 6.45) is 8.49. The highest BCUT2D eigenvalue weighted by atomic mass is 16.5. The molecule has 1 aliphatic heterocycles. The van der Waals surface area contributed by atoms with Crippen LogP contribution in [0.4, 0.5) is 0 Å². The number of benzene rings is 3. The molecule has 5 rings (SSSR count). The smallest absolute Gasteiger partial charge is 0.210 e. The van der Waals surface area contributed by atoms with Gasteiger partial charge in [0.2, 0.25) is 12.2 Å². The molecule has 0 fully saturated rings. The van der Waals surface area contributed by atoms with Crippen molar-refractivity contribution in [1.29, 1.82) is 0 Å². The zero-order valence-corrected chi connectivity index (χ0v) is 20.8. The standard InChI is InChI=1S/C31H29NO5/c1-35-29-27(36-20-23-8-4-2-5-9-23)18-25-19-32(22-33)17-16-31(14-12-26(34)13-15-31)28(25)30(29)37-21-24-10-6-3-7-11-24/h2-15,18,22H,16-17,19-21H2,1H3. The predicted molar refractivity (Wildman–Crippen MR) is 141 cm³/mol. The average molecular weight is 496 g/mol. The number of ketones is 1. The van der Waals surface area contributed by atoms with Gasteiger partial charge in [-0.15, -0.1) is 0 Å². The second kappa shape index (κ2) is 10.7. The van der Waals surface area contributed by atoms with Crippen molar-refractivity contribution in [2.45, 2.75) is 31.6 Å². The Morgan fingerprint density at radius 1 is 0.892 bits per heavy atom. The van der Waals surface area contributed by atoms with Gasteiger partial charge in [-0.1, -0.05) is 72.8 Å². The van der Waals surface area contributed by atoms with E-state index in [1.54, 1.807) is 24.2 Å². The van der Waals surface area contributed by atoms with Crippen molar-refractivity contribution < 1.29 is 23.8 Å². The van der Waals surface area contributed by atoms with E-state index in [4.69, 9.17) is 14.2 Å². The Balaban J connectivity index is 1.65. The topological polar surface area (TPSA) is 65.1 Å². The maximum absolute atomic E-state index is 12.1. The molecule has 1 spiro atoms. The summed E-state index contributed by atoms with van der Waals surface area (Å²) >= 11 is 0. The minimum absolute atomic E-state index is 0.0646. The van der Waals surface area contributed by atoms with E-state index in [2.05, 4.69) is 0 Å². The molecule has 188 valence electrons. The summed E-state index contributed by atoms with van der Waals surface area (Å²) in [5.74, 6) is 1.52. The first-order chi connectivity index (χ1) is 18.1. The first kappa shape index (κ1) is 24.4. The number of hydrogen-bond acceptors (Lipinski definition) is 5. The number of allylic oxidation sites excluding steroid dienone is 4. The number of carbonyl (C=O) groups excluding carboxylic acids is 2. The number of methoxy groups -OCH3 is 1. The molecule has 0 saturated carbocycles. The maximum atomic E-state index is 12.1. The van der Waals surface area contributed by atoms with Gasteiger partial charge < -0.3 is 19.1 Å². The lowest BCUT2D eigenvalue weighted by molar-refractivity contribution is -0.118. The van der Waals surface area contributed by atoms with Crippen LogP contribution in [-0.4, -0.2) is 30.7 Å². The van der Waals surface area contributed by atoms with Gasteiger partial charge in [0.15, 0.2) is 17.3 Å². The Morgan fingerprint density at radius 2 is 1.51 bits per heavy atom. The molecular formula is C31H29NO5. The van der Waals surface area contributed by atoms with E-state index in [9.17, 15) is 9.59 Å². The third kappa shape index (κ3) is 5.14. The first-order valence-corrected chi connectivity index (χ1v) is 12.3. The molecule has 0 bridgehead atoms. The largest absolute Gasteiger partial charge is 0.490 e. The molecule has 2 aliphatic rings. The van der Waals surface area contributed by atoms with Crippen LogP contribution in [0, 0.1) is 0 Å². The summed E-state index contributed by atoms with van der Waals surface area (Å²) in [5, 5.41) is 0. The highest BCUT2D eigenvalue weighted by molar-refractivity contribution is 6.01. The van der Waals surface area contributed by atoms with Gasteiger partial charge in [-0.25, -0.2) is 0 Å². The summed E-state index contributed by atoms with van der Waals surface area (Å²) < 4.78 is 18.7. The SMILES string of the molecule is COc1c(OCc2ccccc2)cc2c(c1OCc1ccccc1)C1(C=CC(=O)C=C1)CCN(C=O)C2. The molecule has 1 amide bonds. The van der Waals surface area contributed by atoms with Crippen LogP contribution in [0.2, 0.25) is 0 Å². The molecule has 3 aromatic rings. The second-order valence-corrected chi connectivity index (χ2v) is 9.26.